The Labute approximate surface area is 146 Å². The SMILES string of the molecule is O=C(O)c1cccc(Nc2nc(-c3ccc(Cl)c(Cl)c3)cs2)c1. The van der Waals surface area contributed by atoms with Gasteiger partial charge in [0, 0.05) is 16.6 Å². The van der Waals surface area contributed by atoms with Crippen LogP contribution >= 0.6 is 34.5 Å². The molecule has 0 fully saturated rings. The first kappa shape index (κ1) is 15.8. The number of nitrogens with zero attached hydrogens (tertiary/aromatic N) is 1. The number of anilines is 2. The fourth-order valence-electron chi connectivity index (χ4n) is 1.97. The first-order chi connectivity index (χ1) is 11.0. The maximum absolute atomic E-state index is 11.0. The van der Waals surface area contributed by atoms with Gasteiger partial charge in [0.25, 0.3) is 0 Å². The van der Waals surface area contributed by atoms with Crippen LogP contribution in [0.1, 0.15) is 10.4 Å². The molecule has 0 aliphatic heterocycles. The molecule has 0 radical (unpaired) electrons. The number of aromatic nitrogens is 1. The fourth-order valence-corrected chi connectivity index (χ4v) is 3.01. The summed E-state index contributed by atoms with van der Waals surface area (Å²) < 4.78 is 0. The third kappa shape index (κ3) is 3.64. The maximum atomic E-state index is 11.0. The molecule has 0 unspecified atom stereocenters. The zero-order chi connectivity index (χ0) is 16.4. The van der Waals surface area contributed by atoms with Gasteiger partial charge in [-0.1, -0.05) is 35.3 Å². The molecule has 7 heteroatoms. The smallest absolute Gasteiger partial charge is 0.335 e. The zero-order valence-electron chi connectivity index (χ0n) is 11.6. The summed E-state index contributed by atoms with van der Waals surface area (Å²) in [6.07, 6.45) is 0. The molecule has 0 amide bonds. The van der Waals surface area contributed by atoms with Gasteiger partial charge in [-0.3, -0.25) is 0 Å². The first-order valence-corrected chi connectivity index (χ1v) is 8.18. The van der Waals surface area contributed by atoms with Gasteiger partial charge in [-0.05, 0) is 30.3 Å². The molecule has 0 atom stereocenters. The predicted octanol–water partition coefficient (Wildman–Crippen LogP) is 5.56. The third-order valence-corrected chi connectivity index (χ3v) is 4.58. The molecular formula is C16H10Cl2N2O2S. The summed E-state index contributed by atoms with van der Waals surface area (Å²) in [7, 11) is 0. The van der Waals surface area contributed by atoms with Crippen molar-refractivity contribution in [1.82, 2.24) is 4.98 Å². The monoisotopic (exact) mass is 364 g/mol. The van der Waals surface area contributed by atoms with Gasteiger partial charge < -0.3 is 10.4 Å². The van der Waals surface area contributed by atoms with Gasteiger partial charge in [0.1, 0.15) is 0 Å². The van der Waals surface area contributed by atoms with Gasteiger partial charge in [0.15, 0.2) is 5.13 Å². The Balaban J connectivity index is 1.83. The Morgan fingerprint density at radius 2 is 1.96 bits per heavy atom. The highest BCUT2D eigenvalue weighted by molar-refractivity contribution is 7.14. The number of carboxylic acid groups (broad SMARTS) is 1. The van der Waals surface area contributed by atoms with E-state index in [0.29, 0.717) is 20.9 Å². The van der Waals surface area contributed by atoms with Crippen molar-refractivity contribution in [3.05, 3.63) is 63.5 Å². The maximum Gasteiger partial charge on any atom is 0.335 e. The second kappa shape index (κ2) is 6.58. The molecule has 1 aromatic heterocycles. The highest BCUT2D eigenvalue weighted by Crippen LogP contribution is 2.31. The summed E-state index contributed by atoms with van der Waals surface area (Å²) in [5.74, 6) is -0.968. The Hall–Kier alpha value is -2.08. The minimum atomic E-state index is -0.968. The molecule has 0 saturated carbocycles. The molecule has 4 nitrogen and oxygen atoms in total. The Morgan fingerprint density at radius 1 is 1.13 bits per heavy atom. The number of carboxylic acids is 1. The van der Waals surface area contributed by atoms with Crippen molar-refractivity contribution in [2.24, 2.45) is 0 Å². The molecule has 3 aromatic rings. The van der Waals surface area contributed by atoms with Gasteiger partial charge in [-0.25, -0.2) is 9.78 Å². The van der Waals surface area contributed by atoms with Crippen molar-refractivity contribution in [2.45, 2.75) is 0 Å². The minimum Gasteiger partial charge on any atom is -0.478 e. The minimum absolute atomic E-state index is 0.219. The van der Waals surface area contributed by atoms with E-state index in [2.05, 4.69) is 10.3 Å². The highest BCUT2D eigenvalue weighted by atomic mass is 35.5. The van der Waals surface area contributed by atoms with Gasteiger partial charge >= 0.3 is 5.97 Å². The summed E-state index contributed by atoms with van der Waals surface area (Å²) in [5.41, 5.74) is 2.52. The Morgan fingerprint density at radius 3 is 2.70 bits per heavy atom. The lowest BCUT2D eigenvalue weighted by Crippen LogP contribution is -1.97. The van der Waals surface area contributed by atoms with E-state index in [1.165, 1.54) is 17.4 Å². The van der Waals surface area contributed by atoms with E-state index in [4.69, 9.17) is 28.3 Å². The van der Waals surface area contributed by atoms with Crippen molar-refractivity contribution in [1.29, 1.82) is 0 Å². The summed E-state index contributed by atoms with van der Waals surface area (Å²) in [4.78, 5) is 15.5. The number of thiazole rings is 1. The molecule has 0 saturated heterocycles. The van der Waals surface area contributed by atoms with Gasteiger partial charge in [-0.2, -0.15) is 0 Å². The second-order valence-electron chi connectivity index (χ2n) is 4.68. The zero-order valence-corrected chi connectivity index (χ0v) is 13.9. The van der Waals surface area contributed by atoms with Crippen LogP contribution in [0.5, 0.6) is 0 Å². The van der Waals surface area contributed by atoms with Gasteiger partial charge in [0.2, 0.25) is 0 Å². The lowest BCUT2D eigenvalue weighted by molar-refractivity contribution is 0.0697. The van der Waals surface area contributed by atoms with Crippen molar-refractivity contribution >= 4 is 51.3 Å². The standard InChI is InChI=1S/C16H10Cl2N2O2S/c17-12-5-4-9(7-13(12)18)14-8-23-16(20-14)19-11-3-1-2-10(6-11)15(21)22/h1-8H,(H,19,20)(H,21,22). The van der Waals surface area contributed by atoms with E-state index in [0.717, 1.165) is 11.3 Å². The molecule has 0 bridgehead atoms. The quantitative estimate of drug-likeness (QED) is 0.636. The van der Waals surface area contributed by atoms with Crippen LogP contribution in [0.25, 0.3) is 11.3 Å². The average molecular weight is 365 g/mol. The molecule has 0 aliphatic carbocycles. The number of carbonyl (C=O) groups is 1. The second-order valence-corrected chi connectivity index (χ2v) is 6.35. The molecule has 3 rings (SSSR count). The topological polar surface area (TPSA) is 62.2 Å². The van der Waals surface area contributed by atoms with E-state index in [1.807, 2.05) is 11.4 Å². The number of halogens is 2. The average Bonchev–Trinajstić information content (AvgIpc) is 2.99. The molecule has 1 heterocycles. The fraction of sp³-hybridized carbons (Fsp3) is 0. The summed E-state index contributed by atoms with van der Waals surface area (Å²) >= 11 is 13.3. The number of nitrogens with one attached hydrogen (secondary N) is 1. The number of rotatable bonds is 4. The van der Waals surface area contributed by atoms with Gasteiger partial charge in [-0.15, -0.1) is 11.3 Å². The third-order valence-electron chi connectivity index (χ3n) is 3.08. The predicted molar refractivity (Wildman–Crippen MR) is 94.3 cm³/mol. The molecule has 2 N–H and O–H groups in total. The van der Waals surface area contributed by atoms with Crippen molar-refractivity contribution < 1.29 is 9.90 Å². The number of hydrogen-bond donors (Lipinski definition) is 2. The van der Waals surface area contributed by atoms with Crippen molar-refractivity contribution in [3.8, 4) is 11.3 Å². The van der Waals surface area contributed by atoms with E-state index < -0.39 is 5.97 Å². The highest BCUT2D eigenvalue weighted by Gasteiger charge is 2.08. The van der Waals surface area contributed by atoms with Crippen LogP contribution in [0.2, 0.25) is 10.0 Å². The molecule has 23 heavy (non-hydrogen) atoms. The number of hydrogen-bond acceptors (Lipinski definition) is 4. The van der Waals surface area contributed by atoms with Crippen molar-refractivity contribution in [3.63, 3.8) is 0 Å². The van der Waals surface area contributed by atoms with E-state index in [-0.39, 0.29) is 5.56 Å². The van der Waals surface area contributed by atoms with E-state index >= 15 is 0 Å². The Kier molecular flexibility index (Phi) is 4.52. The molecule has 0 aliphatic rings. The van der Waals surface area contributed by atoms with E-state index in [9.17, 15) is 4.79 Å². The van der Waals surface area contributed by atoms with Crippen LogP contribution in [0.4, 0.5) is 10.8 Å². The molecule has 116 valence electrons. The largest absolute Gasteiger partial charge is 0.478 e. The van der Waals surface area contributed by atoms with Crippen LogP contribution in [0.3, 0.4) is 0 Å². The van der Waals surface area contributed by atoms with Crippen LogP contribution in [-0.4, -0.2) is 16.1 Å². The normalized spacial score (nSPS) is 10.5. The van der Waals surface area contributed by atoms with Crippen LogP contribution in [0, 0.1) is 0 Å². The Bertz CT molecular complexity index is 880. The molecule has 2 aromatic carbocycles. The summed E-state index contributed by atoms with van der Waals surface area (Å²) in [6.45, 7) is 0. The molecular weight excluding hydrogens is 355 g/mol. The van der Waals surface area contributed by atoms with Gasteiger partial charge in [0.05, 0.1) is 21.3 Å². The number of benzene rings is 2. The number of aromatic carboxylic acids is 1. The lowest BCUT2D eigenvalue weighted by atomic mass is 10.2. The van der Waals surface area contributed by atoms with Crippen LogP contribution < -0.4 is 5.32 Å². The van der Waals surface area contributed by atoms with Crippen LogP contribution in [0.15, 0.2) is 47.8 Å². The summed E-state index contributed by atoms with van der Waals surface area (Å²) in [5, 5.41) is 15.6. The lowest BCUT2D eigenvalue weighted by Gasteiger charge is -2.03. The van der Waals surface area contributed by atoms with Crippen molar-refractivity contribution in [2.75, 3.05) is 5.32 Å². The van der Waals surface area contributed by atoms with E-state index in [1.54, 1.807) is 30.3 Å². The first-order valence-electron chi connectivity index (χ1n) is 6.54. The summed E-state index contributed by atoms with van der Waals surface area (Å²) in [6, 6.07) is 11.9. The van der Waals surface area contributed by atoms with Crippen LogP contribution in [-0.2, 0) is 0 Å². The molecule has 0 spiro atoms.